The first-order valence-corrected chi connectivity index (χ1v) is 7.86. The van der Waals surface area contributed by atoms with Gasteiger partial charge in [-0.15, -0.1) is 0 Å². The molecule has 1 aromatic carbocycles. The predicted molar refractivity (Wildman–Crippen MR) is 88.9 cm³/mol. The van der Waals surface area contributed by atoms with E-state index in [1.165, 1.54) is 0 Å². The summed E-state index contributed by atoms with van der Waals surface area (Å²) >= 11 is 5.03. The van der Waals surface area contributed by atoms with E-state index in [2.05, 4.69) is 18.7 Å². The Labute approximate surface area is 132 Å². The van der Waals surface area contributed by atoms with Crippen molar-refractivity contribution < 1.29 is 9.47 Å². The standard InChI is InChI=1S/C16H24N2O2S/c1-12-10-18(11-13(2)20-12)8-5-9-19-15-7-4-3-6-14(15)16(17)21/h3-4,6-7,12-13H,5,8-11H2,1-2H3,(H2,17,21). The average Bonchev–Trinajstić information content (AvgIpc) is 2.43. The molecule has 1 aromatic rings. The number of para-hydroxylation sites is 1. The zero-order valence-corrected chi connectivity index (χ0v) is 13.6. The first-order valence-electron chi connectivity index (χ1n) is 7.45. The molecule has 1 fully saturated rings. The molecule has 0 saturated carbocycles. The summed E-state index contributed by atoms with van der Waals surface area (Å²) in [6.45, 7) is 7.92. The van der Waals surface area contributed by atoms with E-state index < -0.39 is 0 Å². The van der Waals surface area contributed by atoms with Gasteiger partial charge in [0.25, 0.3) is 0 Å². The van der Waals surface area contributed by atoms with E-state index in [1.807, 2.05) is 24.3 Å². The Morgan fingerprint density at radius 3 is 2.67 bits per heavy atom. The highest BCUT2D eigenvalue weighted by molar-refractivity contribution is 7.80. The topological polar surface area (TPSA) is 47.7 Å². The number of benzene rings is 1. The summed E-state index contributed by atoms with van der Waals surface area (Å²) in [5, 5.41) is 0. The lowest BCUT2D eigenvalue weighted by Crippen LogP contribution is -2.45. The third-order valence-corrected chi connectivity index (χ3v) is 3.74. The molecule has 0 spiro atoms. The summed E-state index contributed by atoms with van der Waals surface area (Å²) < 4.78 is 11.6. The molecule has 5 heteroatoms. The van der Waals surface area contributed by atoms with Crippen molar-refractivity contribution in [3.05, 3.63) is 29.8 Å². The molecule has 0 amide bonds. The van der Waals surface area contributed by atoms with Gasteiger partial charge in [0, 0.05) is 19.6 Å². The number of hydrogen-bond acceptors (Lipinski definition) is 4. The molecule has 2 rings (SSSR count). The van der Waals surface area contributed by atoms with Gasteiger partial charge in [-0.1, -0.05) is 24.4 Å². The van der Waals surface area contributed by atoms with E-state index in [1.54, 1.807) is 0 Å². The van der Waals surface area contributed by atoms with Crippen LogP contribution >= 0.6 is 12.2 Å². The fourth-order valence-corrected chi connectivity index (χ4v) is 2.90. The van der Waals surface area contributed by atoms with Crippen molar-refractivity contribution >= 4 is 17.2 Å². The normalized spacial score (nSPS) is 23.0. The molecular weight excluding hydrogens is 284 g/mol. The van der Waals surface area contributed by atoms with Gasteiger partial charge in [0.15, 0.2) is 0 Å². The molecule has 0 radical (unpaired) electrons. The van der Waals surface area contributed by atoms with Gasteiger partial charge in [-0.3, -0.25) is 4.90 Å². The monoisotopic (exact) mass is 308 g/mol. The van der Waals surface area contributed by atoms with Crippen LogP contribution in [0, 0.1) is 0 Å². The van der Waals surface area contributed by atoms with Crippen LogP contribution < -0.4 is 10.5 Å². The first-order chi connectivity index (χ1) is 10.1. The van der Waals surface area contributed by atoms with Crippen LogP contribution in [0.3, 0.4) is 0 Å². The van der Waals surface area contributed by atoms with E-state index in [0.29, 0.717) is 23.8 Å². The molecule has 2 unspecified atom stereocenters. The summed E-state index contributed by atoms with van der Waals surface area (Å²) in [5.74, 6) is 0.772. The lowest BCUT2D eigenvalue weighted by molar-refractivity contribution is -0.0686. The van der Waals surface area contributed by atoms with E-state index in [9.17, 15) is 0 Å². The molecule has 2 N–H and O–H groups in total. The van der Waals surface area contributed by atoms with Crippen LogP contribution in [0.25, 0.3) is 0 Å². The summed E-state index contributed by atoms with van der Waals surface area (Å²) in [6, 6.07) is 7.65. The minimum atomic E-state index is 0.310. The Hall–Kier alpha value is -1.17. The number of thiocarbonyl (C=S) groups is 1. The number of hydrogen-bond donors (Lipinski definition) is 1. The Balaban J connectivity index is 1.76. The molecule has 1 saturated heterocycles. The molecule has 2 atom stereocenters. The average molecular weight is 308 g/mol. The van der Waals surface area contributed by atoms with Gasteiger partial charge < -0.3 is 15.2 Å². The van der Waals surface area contributed by atoms with Gasteiger partial charge in [-0.05, 0) is 32.4 Å². The van der Waals surface area contributed by atoms with Crippen LogP contribution in [-0.4, -0.2) is 48.3 Å². The molecule has 0 aromatic heterocycles. The minimum absolute atomic E-state index is 0.310. The van der Waals surface area contributed by atoms with Gasteiger partial charge in [0.2, 0.25) is 0 Å². The largest absolute Gasteiger partial charge is 0.493 e. The molecule has 0 bridgehead atoms. The van der Waals surface area contributed by atoms with Crippen LogP contribution in [0.15, 0.2) is 24.3 Å². The molecule has 1 aliphatic heterocycles. The van der Waals surface area contributed by atoms with E-state index in [-0.39, 0.29) is 0 Å². The van der Waals surface area contributed by atoms with Gasteiger partial charge in [-0.2, -0.15) is 0 Å². The SMILES string of the molecule is CC1CN(CCCOc2ccccc2C(N)=S)CC(C)O1. The summed E-state index contributed by atoms with van der Waals surface area (Å²) in [7, 11) is 0. The highest BCUT2D eigenvalue weighted by Gasteiger charge is 2.21. The van der Waals surface area contributed by atoms with Crippen molar-refractivity contribution in [3.63, 3.8) is 0 Å². The van der Waals surface area contributed by atoms with Crippen molar-refractivity contribution in [1.82, 2.24) is 4.90 Å². The maximum absolute atomic E-state index is 5.82. The number of rotatable bonds is 6. The van der Waals surface area contributed by atoms with Crippen molar-refractivity contribution in [2.75, 3.05) is 26.2 Å². The Bertz CT molecular complexity index is 471. The third kappa shape index (κ3) is 4.95. The fourth-order valence-electron chi connectivity index (χ4n) is 2.73. The maximum atomic E-state index is 5.82. The molecular formula is C16H24N2O2S. The quantitative estimate of drug-likeness (QED) is 0.645. The molecule has 1 heterocycles. The zero-order chi connectivity index (χ0) is 15.2. The Kier molecular flexibility index (Phi) is 5.96. The molecule has 1 aliphatic rings. The first kappa shape index (κ1) is 16.2. The van der Waals surface area contributed by atoms with Crippen LogP contribution in [0.1, 0.15) is 25.8 Å². The number of nitrogens with zero attached hydrogens (tertiary/aromatic N) is 1. The number of ether oxygens (including phenoxy) is 2. The number of nitrogens with two attached hydrogens (primary N) is 1. The molecule has 0 aliphatic carbocycles. The highest BCUT2D eigenvalue weighted by Crippen LogP contribution is 2.18. The molecule has 21 heavy (non-hydrogen) atoms. The minimum Gasteiger partial charge on any atom is -0.493 e. The van der Waals surface area contributed by atoms with Crippen LogP contribution in [-0.2, 0) is 4.74 Å². The van der Waals surface area contributed by atoms with E-state index >= 15 is 0 Å². The van der Waals surface area contributed by atoms with Gasteiger partial charge in [0.05, 0.1) is 24.4 Å². The van der Waals surface area contributed by atoms with Gasteiger partial charge >= 0.3 is 0 Å². The molecule has 116 valence electrons. The lowest BCUT2D eigenvalue weighted by Gasteiger charge is -2.35. The smallest absolute Gasteiger partial charge is 0.129 e. The summed E-state index contributed by atoms with van der Waals surface area (Å²) in [6.07, 6.45) is 1.60. The Morgan fingerprint density at radius 1 is 1.33 bits per heavy atom. The van der Waals surface area contributed by atoms with E-state index in [4.69, 9.17) is 27.4 Å². The van der Waals surface area contributed by atoms with Crippen molar-refractivity contribution in [3.8, 4) is 5.75 Å². The van der Waals surface area contributed by atoms with Crippen molar-refractivity contribution in [2.24, 2.45) is 5.73 Å². The zero-order valence-electron chi connectivity index (χ0n) is 12.7. The fraction of sp³-hybridized carbons (Fsp3) is 0.562. The van der Waals surface area contributed by atoms with E-state index in [0.717, 1.165) is 37.4 Å². The summed E-state index contributed by atoms with van der Waals surface area (Å²) in [5.41, 5.74) is 6.50. The second-order valence-corrected chi connectivity index (χ2v) is 6.02. The van der Waals surface area contributed by atoms with Crippen LogP contribution in [0.5, 0.6) is 5.75 Å². The van der Waals surface area contributed by atoms with Crippen LogP contribution in [0.4, 0.5) is 0 Å². The van der Waals surface area contributed by atoms with Crippen molar-refractivity contribution in [1.29, 1.82) is 0 Å². The van der Waals surface area contributed by atoms with Gasteiger partial charge in [-0.25, -0.2) is 0 Å². The molecule has 4 nitrogen and oxygen atoms in total. The number of morpholine rings is 1. The predicted octanol–water partition coefficient (Wildman–Crippen LogP) is 2.20. The maximum Gasteiger partial charge on any atom is 0.129 e. The summed E-state index contributed by atoms with van der Waals surface area (Å²) in [4.78, 5) is 2.81. The third-order valence-electron chi connectivity index (χ3n) is 3.52. The van der Waals surface area contributed by atoms with Gasteiger partial charge in [0.1, 0.15) is 10.7 Å². The second kappa shape index (κ2) is 7.73. The lowest BCUT2D eigenvalue weighted by atomic mass is 10.2. The highest BCUT2D eigenvalue weighted by atomic mass is 32.1. The van der Waals surface area contributed by atoms with Crippen molar-refractivity contribution in [2.45, 2.75) is 32.5 Å². The Morgan fingerprint density at radius 2 is 2.00 bits per heavy atom. The second-order valence-electron chi connectivity index (χ2n) is 5.58. The van der Waals surface area contributed by atoms with Crippen LogP contribution in [0.2, 0.25) is 0 Å².